The van der Waals surface area contributed by atoms with Crippen molar-refractivity contribution in [2.45, 2.75) is 25.8 Å². The molecule has 3 rings (SSSR count). The van der Waals surface area contributed by atoms with Gasteiger partial charge in [-0.1, -0.05) is 0 Å². The van der Waals surface area contributed by atoms with E-state index in [1.807, 2.05) is 24.1 Å². The zero-order valence-electron chi connectivity index (χ0n) is 12.5. The Kier molecular flexibility index (Phi) is 3.57. The number of urea groups is 1. The first-order valence-electron chi connectivity index (χ1n) is 7.50. The average Bonchev–Trinajstić information content (AvgIpc) is 3.27. The second-order valence-corrected chi connectivity index (χ2v) is 5.92. The van der Waals surface area contributed by atoms with E-state index in [1.165, 1.54) is 12.8 Å². The molecule has 1 saturated carbocycles. The molecule has 5 heteroatoms. The molecule has 112 valence electrons. The van der Waals surface area contributed by atoms with E-state index in [1.54, 1.807) is 17.0 Å². The average molecular weight is 287 g/mol. The predicted octanol–water partition coefficient (Wildman–Crippen LogP) is 2.09. The first-order valence-corrected chi connectivity index (χ1v) is 7.50. The highest BCUT2D eigenvalue weighted by Crippen LogP contribution is 2.35. The summed E-state index contributed by atoms with van der Waals surface area (Å²) in [6, 6.07) is 7.51. The van der Waals surface area contributed by atoms with E-state index in [9.17, 15) is 9.59 Å². The van der Waals surface area contributed by atoms with Crippen LogP contribution >= 0.6 is 0 Å². The highest BCUT2D eigenvalue weighted by atomic mass is 16.2. The lowest BCUT2D eigenvalue weighted by molar-refractivity contribution is 0.0727. The normalized spacial score (nSPS) is 19.3. The summed E-state index contributed by atoms with van der Waals surface area (Å²) in [5, 5.41) is 2.77. The summed E-state index contributed by atoms with van der Waals surface area (Å²) in [6.07, 6.45) is 2.45. The van der Waals surface area contributed by atoms with Crippen molar-refractivity contribution in [1.82, 2.24) is 10.2 Å². The molecule has 3 amide bonds. The first-order chi connectivity index (χ1) is 10.1. The maximum absolute atomic E-state index is 12.4. The van der Waals surface area contributed by atoms with E-state index in [0.717, 1.165) is 5.69 Å². The molecular formula is C16H21N3O2. The van der Waals surface area contributed by atoms with Gasteiger partial charge in [-0.2, -0.15) is 0 Å². The molecule has 21 heavy (non-hydrogen) atoms. The van der Waals surface area contributed by atoms with Crippen molar-refractivity contribution < 1.29 is 9.59 Å². The Morgan fingerprint density at radius 3 is 2.52 bits per heavy atom. The van der Waals surface area contributed by atoms with Gasteiger partial charge < -0.3 is 10.2 Å². The fourth-order valence-corrected chi connectivity index (χ4v) is 2.79. The number of anilines is 1. The number of rotatable bonds is 4. The summed E-state index contributed by atoms with van der Waals surface area (Å²) in [7, 11) is 1.87. The van der Waals surface area contributed by atoms with Crippen molar-refractivity contribution in [2.75, 3.05) is 25.0 Å². The van der Waals surface area contributed by atoms with Crippen LogP contribution in [-0.2, 0) is 0 Å². The molecule has 1 unspecified atom stereocenters. The molecule has 1 atom stereocenters. The fourth-order valence-electron chi connectivity index (χ4n) is 2.79. The van der Waals surface area contributed by atoms with Gasteiger partial charge in [0.05, 0.1) is 0 Å². The maximum Gasteiger partial charge on any atom is 0.321 e. The lowest BCUT2D eigenvalue weighted by Gasteiger charge is -2.25. The molecule has 5 nitrogen and oxygen atoms in total. The second-order valence-electron chi connectivity index (χ2n) is 5.92. The van der Waals surface area contributed by atoms with E-state index in [2.05, 4.69) is 12.2 Å². The van der Waals surface area contributed by atoms with Gasteiger partial charge >= 0.3 is 6.03 Å². The van der Waals surface area contributed by atoms with Gasteiger partial charge in [0.25, 0.3) is 5.91 Å². The zero-order valence-corrected chi connectivity index (χ0v) is 12.5. The molecule has 1 aromatic carbocycles. The van der Waals surface area contributed by atoms with Crippen molar-refractivity contribution >= 4 is 17.6 Å². The van der Waals surface area contributed by atoms with E-state index in [4.69, 9.17) is 0 Å². The van der Waals surface area contributed by atoms with Crippen molar-refractivity contribution in [3.05, 3.63) is 29.8 Å². The van der Waals surface area contributed by atoms with Crippen molar-refractivity contribution in [2.24, 2.45) is 5.92 Å². The number of hydrogen-bond acceptors (Lipinski definition) is 2. The number of hydrogen-bond donors (Lipinski definition) is 1. The van der Waals surface area contributed by atoms with Gasteiger partial charge in [-0.25, -0.2) is 4.79 Å². The molecule has 2 aliphatic rings. The highest BCUT2D eigenvalue weighted by Gasteiger charge is 2.32. The third-order valence-electron chi connectivity index (χ3n) is 4.52. The van der Waals surface area contributed by atoms with Crippen LogP contribution in [-0.4, -0.2) is 43.0 Å². The zero-order chi connectivity index (χ0) is 15.0. The molecule has 1 aromatic rings. The molecular weight excluding hydrogens is 266 g/mol. The van der Waals surface area contributed by atoms with Crippen LogP contribution in [0.3, 0.4) is 0 Å². The van der Waals surface area contributed by atoms with Crippen LogP contribution in [0.2, 0.25) is 0 Å². The van der Waals surface area contributed by atoms with Gasteiger partial charge in [-0.05, 0) is 49.9 Å². The van der Waals surface area contributed by atoms with Crippen LogP contribution in [0.4, 0.5) is 10.5 Å². The minimum Gasteiger partial charge on any atom is -0.339 e. The Morgan fingerprint density at radius 1 is 1.33 bits per heavy atom. The molecule has 0 aromatic heterocycles. The fraction of sp³-hybridized carbons (Fsp3) is 0.500. The monoisotopic (exact) mass is 287 g/mol. The Bertz CT molecular complexity index is 551. The highest BCUT2D eigenvalue weighted by molar-refractivity contribution is 5.97. The molecule has 1 aliphatic heterocycles. The SMILES string of the molecule is CC(C1CC1)N(C)C(=O)c1ccc(N2CCNC2=O)cc1. The quantitative estimate of drug-likeness (QED) is 0.922. The van der Waals surface area contributed by atoms with E-state index < -0.39 is 0 Å². The van der Waals surface area contributed by atoms with Crippen LogP contribution in [0.15, 0.2) is 24.3 Å². The van der Waals surface area contributed by atoms with Crippen molar-refractivity contribution in [3.63, 3.8) is 0 Å². The number of nitrogens with one attached hydrogen (secondary N) is 1. The molecule has 2 fully saturated rings. The van der Waals surface area contributed by atoms with Crippen LogP contribution in [0.25, 0.3) is 0 Å². The lowest BCUT2D eigenvalue weighted by atomic mass is 10.1. The molecule has 0 spiro atoms. The molecule has 1 aliphatic carbocycles. The van der Waals surface area contributed by atoms with Gasteiger partial charge in [0.1, 0.15) is 0 Å². The summed E-state index contributed by atoms with van der Waals surface area (Å²) in [5.74, 6) is 0.707. The molecule has 1 heterocycles. The summed E-state index contributed by atoms with van der Waals surface area (Å²) < 4.78 is 0. The third kappa shape index (κ3) is 2.73. The van der Waals surface area contributed by atoms with E-state index in [-0.39, 0.29) is 11.9 Å². The number of nitrogens with zero attached hydrogens (tertiary/aromatic N) is 2. The largest absolute Gasteiger partial charge is 0.339 e. The van der Waals surface area contributed by atoms with E-state index in [0.29, 0.717) is 30.6 Å². The van der Waals surface area contributed by atoms with Gasteiger partial charge in [0.2, 0.25) is 0 Å². The van der Waals surface area contributed by atoms with Crippen LogP contribution in [0.5, 0.6) is 0 Å². The summed E-state index contributed by atoms with van der Waals surface area (Å²) in [5.41, 5.74) is 1.51. The van der Waals surface area contributed by atoms with Gasteiger partial charge in [0.15, 0.2) is 0 Å². The summed E-state index contributed by atoms with van der Waals surface area (Å²) >= 11 is 0. The molecule has 0 radical (unpaired) electrons. The second kappa shape index (κ2) is 5.39. The van der Waals surface area contributed by atoms with Crippen molar-refractivity contribution in [1.29, 1.82) is 0 Å². The third-order valence-corrected chi connectivity index (χ3v) is 4.52. The number of carbonyl (C=O) groups excluding carboxylic acids is 2. The Morgan fingerprint density at radius 2 is 2.00 bits per heavy atom. The minimum atomic E-state index is -0.0754. The topological polar surface area (TPSA) is 52.7 Å². The van der Waals surface area contributed by atoms with Crippen LogP contribution < -0.4 is 10.2 Å². The van der Waals surface area contributed by atoms with E-state index >= 15 is 0 Å². The van der Waals surface area contributed by atoms with Gasteiger partial charge in [-0.3, -0.25) is 9.69 Å². The number of amides is 3. The number of carbonyl (C=O) groups is 2. The Balaban J connectivity index is 1.71. The minimum absolute atomic E-state index is 0.0480. The summed E-state index contributed by atoms with van der Waals surface area (Å²) in [4.78, 5) is 27.6. The molecule has 1 saturated heterocycles. The smallest absolute Gasteiger partial charge is 0.321 e. The molecule has 0 bridgehead atoms. The van der Waals surface area contributed by atoms with Crippen LogP contribution in [0, 0.1) is 5.92 Å². The lowest BCUT2D eigenvalue weighted by Crippen LogP contribution is -2.36. The van der Waals surface area contributed by atoms with Crippen LogP contribution in [0.1, 0.15) is 30.1 Å². The van der Waals surface area contributed by atoms with Gasteiger partial charge in [-0.15, -0.1) is 0 Å². The first kappa shape index (κ1) is 13.9. The number of benzene rings is 1. The summed E-state index contributed by atoms with van der Waals surface area (Å²) in [6.45, 7) is 3.45. The van der Waals surface area contributed by atoms with Gasteiger partial charge in [0, 0.05) is 37.4 Å². The predicted molar refractivity (Wildman–Crippen MR) is 81.5 cm³/mol. The molecule has 1 N–H and O–H groups in total. The standard InChI is InChI=1S/C16H21N3O2/c1-11(12-3-4-12)18(2)15(20)13-5-7-14(8-6-13)19-10-9-17-16(19)21/h5-8,11-12H,3-4,9-10H2,1-2H3,(H,17,21). The van der Waals surface area contributed by atoms with Crippen molar-refractivity contribution in [3.8, 4) is 0 Å². The maximum atomic E-state index is 12.4. The Hall–Kier alpha value is -2.04. The Labute approximate surface area is 124 Å².